The number of aliphatic hydroxyl groups is 1. The van der Waals surface area contributed by atoms with Gasteiger partial charge >= 0.3 is 12.2 Å². The highest BCUT2D eigenvalue weighted by Crippen LogP contribution is 2.31. The molecule has 2 aliphatic rings. The van der Waals surface area contributed by atoms with Gasteiger partial charge in [0.2, 0.25) is 0 Å². The molecule has 160 valence electrons. The molecule has 1 saturated heterocycles. The van der Waals surface area contributed by atoms with E-state index in [4.69, 9.17) is 9.47 Å². The monoisotopic (exact) mass is 409 g/mol. The van der Waals surface area contributed by atoms with Gasteiger partial charge in [-0.15, -0.1) is 0 Å². The number of aromatic nitrogens is 1. The molecule has 3 atom stereocenters. The van der Waals surface area contributed by atoms with E-state index in [0.29, 0.717) is 18.4 Å². The smallest absolute Gasteiger partial charge is 0.410 e. The third-order valence-corrected chi connectivity index (χ3v) is 5.12. The minimum atomic E-state index is -1.06. The lowest BCUT2D eigenvalue weighted by Crippen LogP contribution is -2.47. The van der Waals surface area contributed by atoms with Gasteiger partial charge in [-0.05, 0) is 57.6 Å². The Kier molecular flexibility index (Phi) is 5.97. The number of alkyl carbamates (subject to hydrolysis) is 1. The molecule has 0 saturated carbocycles. The number of carbonyl (C=O) groups excluding carboxylic acids is 2. The number of aryl methyl sites for hydroxylation is 1. The van der Waals surface area contributed by atoms with Crippen LogP contribution >= 0.6 is 0 Å². The molecule has 1 fully saturated rings. The van der Waals surface area contributed by atoms with Crippen molar-refractivity contribution in [2.24, 2.45) is 5.92 Å². The second-order valence-electron chi connectivity index (χ2n) is 8.70. The molecule has 29 heavy (non-hydrogen) atoms. The number of cyclic esters (lactones) is 1. The molecule has 0 aromatic carbocycles. The Morgan fingerprint density at radius 2 is 2.14 bits per heavy atom. The first-order valence-corrected chi connectivity index (χ1v) is 9.77. The number of hydrogen-bond acceptors (Lipinski definition) is 6. The van der Waals surface area contributed by atoms with Gasteiger partial charge < -0.3 is 24.8 Å². The van der Waals surface area contributed by atoms with Crippen molar-refractivity contribution >= 4 is 12.2 Å². The van der Waals surface area contributed by atoms with Crippen molar-refractivity contribution in [3.8, 4) is 0 Å². The molecule has 2 heterocycles. The Balaban J connectivity index is 1.71. The van der Waals surface area contributed by atoms with Gasteiger partial charge in [0.05, 0.1) is 19.3 Å². The second-order valence-corrected chi connectivity index (χ2v) is 8.70. The predicted molar refractivity (Wildman–Crippen MR) is 102 cm³/mol. The van der Waals surface area contributed by atoms with E-state index in [-0.39, 0.29) is 31.4 Å². The molecule has 0 spiro atoms. The molecule has 1 unspecified atom stereocenters. The van der Waals surface area contributed by atoms with E-state index >= 15 is 0 Å². The van der Waals surface area contributed by atoms with Crippen molar-refractivity contribution in [3.05, 3.63) is 28.8 Å². The van der Waals surface area contributed by atoms with Crippen LogP contribution in [0.3, 0.4) is 0 Å². The van der Waals surface area contributed by atoms with E-state index in [2.05, 4.69) is 10.3 Å². The summed E-state index contributed by atoms with van der Waals surface area (Å²) in [6.45, 7) is 7.54. The summed E-state index contributed by atoms with van der Waals surface area (Å²) in [6.07, 6.45) is -0.653. The lowest BCUT2D eigenvalue weighted by atomic mass is 10.0. The maximum atomic E-state index is 14.2. The molecule has 1 aromatic rings. The second kappa shape index (κ2) is 8.14. The zero-order valence-corrected chi connectivity index (χ0v) is 17.2. The SMILES string of the molecule is Cc1ncc(F)c2c1CC(CN(C[C@@H](O)[C@@H]1CNC(=O)O1)C(=O)OC(C)(C)C)C2. The summed E-state index contributed by atoms with van der Waals surface area (Å²) in [7, 11) is 0. The average Bonchev–Trinajstić information content (AvgIpc) is 3.23. The van der Waals surface area contributed by atoms with E-state index in [1.165, 1.54) is 11.1 Å². The summed E-state index contributed by atoms with van der Waals surface area (Å²) in [5, 5.41) is 13.0. The molecular formula is C20H28FN3O5. The van der Waals surface area contributed by atoms with Crippen LogP contribution in [0.25, 0.3) is 0 Å². The molecule has 2 amide bonds. The Bertz CT molecular complexity index is 764. The lowest BCUT2D eigenvalue weighted by Gasteiger charge is -2.31. The maximum absolute atomic E-state index is 14.2. The van der Waals surface area contributed by atoms with Crippen LogP contribution in [-0.2, 0) is 22.3 Å². The van der Waals surface area contributed by atoms with E-state index in [1.54, 1.807) is 20.8 Å². The number of rotatable bonds is 5. The quantitative estimate of drug-likeness (QED) is 0.771. The first kappa shape index (κ1) is 21.3. The van der Waals surface area contributed by atoms with Crippen molar-refractivity contribution in [2.45, 2.75) is 58.3 Å². The summed E-state index contributed by atoms with van der Waals surface area (Å²) in [4.78, 5) is 29.5. The summed E-state index contributed by atoms with van der Waals surface area (Å²) in [6, 6.07) is 0. The average molecular weight is 409 g/mol. The molecule has 8 nitrogen and oxygen atoms in total. The van der Waals surface area contributed by atoms with Gasteiger partial charge in [-0.3, -0.25) is 4.98 Å². The van der Waals surface area contributed by atoms with E-state index in [9.17, 15) is 19.1 Å². The van der Waals surface area contributed by atoms with Gasteiger partial charge in [0.1, 0.15) is 23.6 Å². The van der Waals surface area contributed by atoms with E-state index in [0.717, 1.165) is 11.3 Å². The zero-order valence-electron chi connectivity index (χ0n) is 17.2. The fraction of sp³-hybridized carbons (Fsp3) is 0.650. The highest BCUT2D eigenvalue weighted by atomic mass is 19.1. The summed E-state index contributed by atoms with van der Waals surface area (Å²) in [5.74, 6) is -0.354. The number of pyridine rings is 1. The minimum absolute atomic E-state index is 0.0219. The van der Waals surface area contributed by atoms with Crippen molar-refractivity contribution in [3.63, 3.8) is 0 Å². The fourth-order valence-electron chi connectivity index (χ4n) is 3.77. The number of hydrogen-bond donors (Lipinski definition) is 2. The van der Waals surface area contributed by atoms with Crippen LogP contribution in [0.15, 0.2) is 6.20 Å². The zero-order chi connectivity index (χ0) is 21.3. The van der Waals surface area contributed by atoms with Crippen LogP contribution in [0.4, 0.5) is 14.0 Å². The number of ether oxygens (including phenoxy) is 2. The molecule has 2 N–H and O–H groups in total. The topological polar surface area (TPSA) is 101 Å². The molecule has 1 aliphatic carbocycles. The van der Waals surface area contributed by atoms with Crippen LogP contribution in [0.2, 0.25) is 0 Å². The van der Waals surface area contributed by atoms with Crippen molar-refractivity contribution in [2.75, 3.05) is 19.6 Å². The molecular weight excluding hydrogens is 381 g/mol. The van der Waals surface area contributed by atoms with Crippen LogP contribution in [0.1, 0.15) is 37.6 Å². The third-order valence-electron chi connectivity index (χ3n) is 5.12. The highest BCUT2D eigenvalue weighted by molar-refractivity contribution is 5.70. The summed E-state index contributed by atoms with van der Waals surface area (Å²) < 4.78 is 24.7. The third kappa shape index (κ3) is 5.14. The first-order valence-electron chi connectivity index (χ1n) is 9.77. The Hall–Kier alpha value is -2.42. The van der Waals surface area contributed by atoms with E-state index < -0.39 is 30.0 Å². The molecule has 0 bridgehead atoms. The summed E-state index contributed by atoms with van der Waals surface area (Å²) >= 11 is 0. The van der Waals surface area contributed by atoms with Gasteiger partial charge in [0.25, 0.3) is 0 Å². The first-order chi connectivity index (χ1) is 13.5. The van der Waals surface area contributed by atoms with Gasteiger partial charge in [0, 0.05) is 12.2 Å². The molecule has 9 heteroatoms. The van der Waals surface area contributed by atoms with Crippen LogP contribution < -0.4 is 5.32 Å². The Morgan fingerprint density at radius 3 is 2.72 bits per heavy atom. The largest absolute Gasteiger partial charge is 0.444 e. The van der Waals surface area contributed by atoms with E-state index in [1.807, 2.05) is 6.92 Å². The number of carbonyl (C=O) groups is 2. The van der Waals surface area contributed by atoms with Gasteiger partial charge in [-0.1, -0.05) is 0 Å². The van der Waals surface area contributed by atoms with Crippen LogP contribution in [-0.4, -0.2) is 64.6 Å². The van der Waals surface area contributed by atoms with Gasteiger partial charge in [-0.2, -0.15) is 0 Å². The van der Waals surface area contributed by atoms with Crippen molar-refractivity contribution in [1.29, 1.82) is 0 Å². The lowest BCUT2D eigenvalue weighted by molar-refractivity contribution is -0.0117. The summed E-state index contributed by atoms with van der Waals surface area (Å²) in [5.41, 5.74) is 1.61. The number of nitrogens with zero attached hydrogens (tertiary/aromatic N) is 2. The molecule has 1 aliphatic heterocycles. The van der Waals surface area contributed by atoms with Crippen molar-refractivity contribution in [1.82, 2.24) is 15.2 Å². The van der Waals surface area contributed by atoms with Gasteiger partial charge in [0.15, 0.2) is 0 Å². The Labute approximate surface area is 169 Å². The number of halogens is 1. The molecule has 3 rings (SSSR count). The highest BCUT2D eigenvalue weighted by Gasteiger charge is 2.35. The molecule has 0 radical (unpaired) electrons. The minimum Gasteiger partial charge on any atom is -0.444 e. The normalized spacial score (nSPS) is 21.9. The number of aliphatic hydroxyl groups excluding tert-OH is 1. The van der Waals surface area contributed by atoms with Crippen LogP contribution in [0, 0.1) is 18.7 Å². The molecule has 1 aromatic heterocycles. The van der Waals surface area contributed by atoms with Crippen LogP contribution in [0.5, 0.6) is 0 Å². The standard InChI is InChI=1S/C20H28FN3O5/c1-11-13-5-12(6-14(13)15(21)7-22-11)9-24(19(27)29-20(2,3)4)10-16(25)17-8-23-18(26)28-17/h7,12,16-17,25H,5-6,8-10H2,1-4H3,(H,23,26)/t12?,16-,17+/m1/s1. The Morgan fingerprint density at radius 1 is 1.45 bits per heavy atom. The van der Waals surface area contributed by atoms with Gasteiger partial charge in [-0.25, -0.2) is 14.0 Å². The predicted octanol–water partition coefficient (Wildman–Crippen LogP) is 1.95. The maximum Gasteiger partial charge on any atom is 0.410 e. The number of amides is 2. The number of nitrogens with one attached hydrogen (secondary N) is 1. The number of fused-ring (bicyclic) bond motifs is 1. The van der Waals surface area contributed by atoms with Crippen molar-refractivity contribution < 1.29 is 28.6 Å². The fourth-order valence-corrected chi connectivity index (χ4v) is 3.77.